The van der Waals surface area contributed by atoms with Gasteiger partial charge in [-0.3, -0.25) is 9.69 Å². The summed E-state index contributed by atoms with van der Waals surface area (Å²) < 4.78 is 11.3. The first-order valence-corrected chi connectivity index (χ1v) is 10.8. The number of hydrogen-bond acceptors (Lipinski definition) is 5. The first-order chi connectivity index (χ1) is 14.2. The van der Waals surface area contributed by atoms with Crippen LogP contribution in [0.4, 0.5) is 4.79 Å². The van der Waals surface area contributed by atoms with E-state index in [4.69, 9.17) is 25.9 Å². The molecule has 0 saturated carbocycles. The number of carbonyl (C=O) groups is 2. The van der Waals surface area contributed by atoms with Gasteiger partial charge in [0.1, 0.15) is 5.60 Å². The van der Waals surface area contributed by atoms with Crippen LogP contribution in [0.2, 0.25) is 5.02 Å². The van der Waals surface area contributed by atoms with Crippen molar-refractivity contribution in [2.45, 2.75) is 57.7 Å². The number of hydrogen-bond donors (Lipinski definition) is 1. The molecule has 2 N–H and O–H groups in total. The number of amides is 2. The van der Waals surface area contributed by atoms with Crippen molar-refractivity contribution in [2.24, 2.45) is 5.73 Å². The lowest BCUT2D eigenvalue weighted by atomic mass is 9.97. The van der Waals surface area contributed by atoms with Gasteiger partial charge >= 0.3 is 6.09 Å². The van der Waals surface area contributed by atoms with Crippen molar-refractivity contribution < 1.29 is 19.1 Å². The fourth-order valence-electron chi connectivity index (χ4n) is 3.92. The van der Waals surface area contributed by atoms with Gasteiger partial charge in [-0.2, -0.15) is 0 Å². The summed E-state index contributed by atoms with van der Waals surface area (Å²) in [6, 6.07) is 8.96. The predicted molar refractivity (Wildman–Crippen MR) is 118 cm³/mol. The number of halogens is 1. The quantitative estimate of drug-likeness (QED) is 0.731. The van der Waals surface area contributed by atoms with E-state index in [-0.39, 0.29) is 12.5 Å². The maximum absolute atomic E-state index is 12.3. The molecule has 0 aliphatic carbocycles. The Hall–Kier alpha value is -1.83. The van der Waals surface area contributed by atoms with Crippen molar-refractivity contribution in [1.29, 1.82) is 0 Å². The van der Waals surface area contributed by atoms with Crippen molar-refractivity contribution in [3.63, 3.8) is 0 Å². The van der Waals surface area contributed by atoms with Gasteiger partial charge in [0.2, 0.25) is 6.41 Å². The zero-order chi connectivity index (χ0) is 22.1. The number of carbonyl (C=O) groups excluding carboxylic acids is 2. The second kappa shape index (κ2) is 11.5. The van der Waals surface area contributed by atoms with Crippen LogP contribution in [-0.4, -0.2) is 72.8 Å². The lowest BCUT2D eigenvalue weighted by Crippen LogP contribution is -2.55. The second-order valence-corrected chi connectivity index (χ2v) is 9.07. The Labute approximate surface area is 184 Å². The van der Waals surface area contributed by atoms with E-state index in [0.29, 0.717) is 12.1 Å². The summed E-state index contributed by atoms with van der Waals surface area (Å²) >= 11 is 6.01. The molecule has 0 aromatic heterocycles. The van der Waals surface area contributed by atoms with Crippen molar-refractivity contribution in [3.8, 4) is 0 Å². The van der Waals surface area contributed by atoms with Crippen molar-refractivity contribution in [3.05, 3.63) is 34.9 Å². The number of likely N-dealkylation sites (tertiary alicyclic amines) is 1. The van der Waals surface area contributed by atoms with E-state index in [1.54, 1.807) is 0 Å². The molecule has 1 aromatic rings. The number of benzene rings is 1. The lowest BCUT2D eigenvalue weighted by molar-refractivity contribution is -0.106. The van der Waals surface area contributed by atoms with Gasteiger partial charge in [-0.15, -0.1) is 0 Å². The van der Waals surface area contributed by atoms with Gasteiger partial charge in [0, 0.05) is 36.7 Å². The third kappa shape index (κ3) is 7.78. The third-order valence-corrected chi connectivity index (χ3v) is 5.49. The summed E-state index contributed by atoms with van der Waals surface area (Å²) in [6.45, 7) is 9.73. The molecule has 2 saturated heterocycles. The highest BCUT2D eigenvalue weighted by Crippen LogP contribution is 2.24. The Morgan fingerprint density at radius 1 is 1.23 bits per heavy atom. The molecule has 8 heteroatoms. The molecule has 0 bridgehead atoms. The fraction of sp³-hybridized carbons (Fsp3) is 0.636. The Bertz CT molecular complexity index is 670. The molecular formula is C22H34ClN3O4. The average Bonchev–Trinajstić information content (AvgIpc) is 2.70. The van der Waals surface area contributed by atoms with Crippen LogP contribution in [0.25, 0.3) is 0 Å². The number of nitrogens with two attached hydrogens (primary N) is 1. The van der Waals surface area contributed by atoms with Gasteiger partial charge in [-0.25, -0.2) is 4.79 Å². The van der Waals surface area contributed by atoms with E-state index in [1.165, 1.54) is 5.56 Å². The summed E-state index contributed by atoms with van der Waals surface area (Å²) in [4.78, 5) is 25.3. The summed E-state index contributed by atoms with van der Waals surface area (Å²) in [6.07, 6.45) is 2.98. The van der Waals surface area contributed by atoms with E-state index in [9.17, 15) is 4.79 Å². The number of ether oxygens (including phenoxy) is 2. The zero-order valence-electron chi connectivity index (χ0n) is 18.2. The number of nitrogens with zero attached hydrogens (tertiary/aromatic N) is 2. The van der Waals surface area contributed by atoms with Gasteiger partial charge in [0.25, 0.3) is 0 Å². The minimum atomic E-state index is -0.443. The van der Waals surface area contributed by atoms with Crippen LogP contribution in [-0.2, 0) is 20.7 Å². The van der Waals surface area contributed by atoms with Crippen LogP contribution < -0.4 is 5.73 Å². The van der Waals surface area contributed by atoms with Crippen LogP contribution in [0, 0.1) is 0 Å². The molecule has 0 spiro atoms. The monoisotopic (exact) mass is 439 g/mol. The summed E-state index contributed by atoms with van der Waals surface area (Å²) in [5, 5.41) is 0.769. The fourth-order valence-corrected chi connectivity index (χ4v) is 4.05. The van der Waals surface area contributed by atoms with E-state index in [2.05, 4.69) is 22.8 Å². The second-order valence-electron chi connectivity index (χ2n) is 8.63. The Balaban J connectivity index is 0.00000101. The van der Waals surface area contributed by atoms with Gasteiger partial charge in [0.15, 0.2) is 0 Å². The van der Waals surface area contributed by atoms with E-state index in [0.717, 1.165) is 57.1 Å². The third-order valence-electron chi connectivity index (χ3n) is 5.24. The first-order valence-electron chi connectivity index (χ1n) is 10.4. The predicted octanol–water partition coefficient (Wildman–Crippen LogP) is 3.08. The van der Waals surface area contributed by atoms with Crippen LogP contribution in [0.15, 0.2) is 24.3 Å². The Morgan fingerprint density at radius 3 is 2.40 bits per heavy atom. The summed E-state index contributed by atoms with van der Waals surface area (Å²) in [5.41, 5.74) is 5.01. The molecule has 0 radical (unpaired) electrons. The summed E-state index contributed by atoms with van der Waals surface area (Å²) in [7, 11) is 0. The summed E-state index contributed by atoms with van der Waals surface area (Å²) in [5.74, 6) is 0. The van der Waals surface area contributed by atoms with E-state index >= 15 is 0 Å². The van der Waals surface area contributed by atoms with Gasteiger partial charge in [-0.05, 0) is 57.7 Å². The highest BCUT2D eigenvalue weighted by molar-refractivity contribution is 6.30. The molecule has 2 amide bonds. The topological polar surface area (TPSA) is 85.1 Å². The van der Waals surface area contributed by atoms with Gasteiger partial charge in [0.05, 0.1) is 13.2 Å². The first kappa shape index (κ1) is 24.4. The van der Waals surface area contributed by atoms with Crippen LogP contribution in [0.5, 0.6) is 0 Å². The molecule has 1 aromatic carbocycles. The molecule has 2 aliphatic heterocycles. The Kier molecular flexibility index (Phi) is 9.39. The van der Waals surface area contributed by atoms with E-state index < -0.39 is 5.60 Å². The van der Waals surface area contributed by atoms with E-state index in [1.807, 2.05) is 37.8 Å². The minimum absolute atomic E-state index is 0.194. The van der Waals surface area contributed by atoms with Crippen molar-refractivity contribution in [1.82, 2.24) is 9.80 Å². The SMILES string of the molecule is CC(C)(C)OC(=O)N1CCC(N2CCOC[C@@H]2Cc2ccc(Cl)cc2)CC1.NC=O. The number of primary amides is 1. The molecule has 2 fully saturated rings. The van der Waals surface area contributed by atoms with Gasteiger partial charge in [-0.1, -0.05) is 23.7 Å². The molecule has 3 rings (SSSR count). The zero-order valence-corrected chi connectivity index (χ0v) is 18.9. The number of rotatable bonds is 3. The smallest absolute Gasteiger partial charge is 0.410 e. The molecule has 7 nitrogen and oxygen atoms in total. The maximum Gasteiger partial charge on any atom is 0.410 e. The van der Waals surface area contributed by atoms with Crippen molar-refractivity contribution >= 4 is 24.1 Å². The highest BCUT2D eigenvalue weighted by Gasteiger charge is 2.34. The van der Waals surface area contributed by atoms with Crippen molar-refractivity contribution in [2.75, 3.05) is 32.8 Å². The standard InChI is InChI=1S/C21H31ClN2O3.CH3NO/c1-21(2,3)27-20(25)23-10-8-18(9-11-23)24-12-13-26-15-19(24)14-16-4-6-17(22)7-5-16;2-1-3/h4-7,18-19H,8-15H2,1-3H3;1H,(H2,2,3)/t19-;/m0./s1. The molecule has 2 heterocycles. The van der Waals surface area contributed by atoms with Gasteiger partial charge < -0.3 is 20.1 Å². The highest BCUT2D eigenvalue weighted by atomic mass is 35.5. The average molecular weight is 440 g/mol. The molecular weight excluding hydrogens is 406 g/mol. The molecule has 2 aliphatic rings. The number of piperidine rings is 1. The molecule has 30 heavy (non-hydrogen) atoms. The normalized spacial score (nSPS) is 20.8. The maximum atomic E-state index is 12.3. The molecule has 1 atom stereocenters. The van der Waals surface area contributed by atoms with Crippen LogP contribution >= 0.6 is 11.6 Å². The molecule has 0 unspecified atom stereocenters. The largest absolute Gasteiger partial charge is 0.444 e. The molecule has 168 valence electrons. The number of morpholine rings is 1. The van der Waals surface area contributed by atoms with Crippen LogP contribution in [0.1, 0.15) is 39.2 Å². The lowest BCUT2D eigenvalue weighted by Gasteiger charge is -2.44. The van der Waals surface area contributed by atoms with Crippen LogP contribution in [0.3, 0.4) is 0 Å². The minimum Gasteiger partial charge on any atom is -0.444 e. The Morgan fingerprint density at radius 2 is 1.83 bits per heavy atom.